The first-order chi connectivity index (χ1) is 5.40. The number of fused-ring (bicyclic) bond motifs is 1. The van der Waals surface area contributed by atoms with Crippen LogP contribution in [-0.4, -0.2) is 17.1 Å². The Labute approximate surface area is 64.6 Å². The van der Waals surface area contributed by atoms with E-state index in [1.54, 1.807) is 13.3 Å². The number of nitrogens with one attached hydrogen (secondary N) is 1. The van der Waals surface area contributed by atoms with Gasteiger partial charge in [-0.1, -0.05) is 0 Å². The van der Waals surface area contributed by atoms with E-state index in [2.05, 4.69) is 15.3 Å². The number of ether oxygens (including phenoxy) is 1. The van der Waals surface area contributed by atoms with Crippen LogP contribution in [0.5, 0.6) is 5.88 Å². The zero-order chi connectivity index (χ0) is 7.68. The summed E-state index contributed by atoms with van der Waals surface area (Å²) in [6, 6.07) is 0. The molecule has 2 heterocycles. The molecule has 0 bridgehead atoms. The number of hydrogen-bond donors (Lipinski definition) is 1. The van der Waals surface area contributed by atoms with Crippen LogP contribution in [0.2, 0.25) is 0 Å². The van der Waals surface area contributed by atoms with Gasteiger partial charge in [-0.2, -0.15) is 0 Å². The van der Waals surface area contributed by atoms with E-state index in [4.69, 9.17) is 4.74 Å². The second-order valence-electron chi connectivity index (χ2n) is 2.41. The highest BCUT2D eigenvalue weighted by Crippen LogP contribution is 2.13. The lowest BCUT2D eigenvalue weighted by Crippen LogP contribution is -2.00. The van der Waals surface area contributed by atoms with Crippen molar-refractivity contribution in [1.29, 1.82) is 0 Å². The minimum atomic E-state index is 0.590. The van der Waals surface area contributed by atoms with Gasteiger partial charge in [0.05, 0.1) is 24.7 Å². The Morgan fingerprint density at radius 1 is 1.45 bits per heavy atom. The molecule has 1 aliphatic rings. The van der Waals surface area contributed by atoms with Crippen molar-refractivity contribution in [2.75, 3.05) is 7.11 Å². The predicted molar refractivity (Wildman–Crippen MR) is 39.1 cm³/mol. The third-order valence-corrected chi connectivity index (χ3v) is 1.70. The fourth-order valence-electron chi connectivity index (χ4n) is 1.12. The SMILES string of the molecule is COc1cnc2c(n1)CNC2. The molecule has 0 aromatic carbocycles. The molecule has 4 heteroatoms. The Balaban J connectivity index is 2.41. The standard InChI is InChI=1S/C7H9N3O/c1-11-7-4-9-5-2-8-3-6(5)10-7/h4,8H,2-3H2,1H3. The van der Waals surface area contributed by atoms with Gasteiger partial charge >= 0.3 is 0 Å². The third kappa shape index (κ3) is 1.05. The first-order valence-electron chi connectivity index (χ1n) is 3.49. The number of rotatable bonds is 1. The van der Waals surface area contributed by atoms with Crippen LogP contribution in [0.3, 0.4) is 0 Å². The lowest BCUT2D eigenvalue weighted by Gasteiger charge is -1.99. The van der Waals surface area contributed by atoms with Crippen LogP contribution in [0.15, 0.2) is 6.20 Å². The van der Waals surface area contributed by atoms with E-state index >= 15 is 0 Å². The number of nitrogens with zero attached hydrogens (tertiary/aromatic N) is 2. The van der Waals surface area contributed by atoms with E-state index in [1.165, 1.54) is 0 Å². The Morgan fingerprint density at radius 3 is 3.09 bits per heavy atom. The molecule has 0 radical (unpaired) electrons. The third-order valence-electron chi connectivity index (χ3n) is 1.70. The largest absolute Gasteiger partial charge is 0.480 e. The fourth-order valence-corrected chi connectivity index (χ4v) is 1.12. The van der Waals surface area contributed by atoms with Gasteiger partial charge in [0.2, 0.25) is 5.88 Å². The molecule has 0 aliphatic carbocycles. The van der Waals surface area contributed by atoms with Gasteiger partial charge in [0.15, 0.2) is 0 Å². The lowest BCUT2D eigenvalue weighted by atomic mass is 10.4. The Hall–Kier alpha value is -1.16. The number of hydrogen-bond acceptors (Lipinski definition) is 4. The normalized spacial score (nSPS) is 14.6. The van der Waals surface area contributed by atoms with Crippen LogP contribution in [0.25, 0.3) is 0 Å². The van der Waals surface area contributed by atoms with Gasteiger partial charge < -0.3 is 10.1 Å². The van der Waals surface area contributed by atoms with Crippen molar-refractivity contribution in [3.63, 3.8) is 0 Å². The zero-order valence-corrected chi connectivity index (χ0v) is 6.29. The van der Waals surface area contributed by atoms with Crippen LogP contribution >= 0.6 is 0 Å². The summed E-state index contributed by atoms with van der Waals surface area (Å²) in [4.78, 5) is 8.40. The molecule has 0 spiro atoms. The smallest absolute Gasteiger partial charge is 0.232 e. The first-order valence-corrected chi connectivity index (χ1v) is 3.49. The van der Waals surface area contributed by atoms with Crippen molar-refractivity contribution in [2.45, 2.75) is 13.1 Å². The van der Waals surface area contributed by atoms with Crippen molar-refractivity contribution in [2.24, 2.45) is 0 Å². The maximum Gasteiger partial charge on any atom is 0.232 e. The van der Waals surface area contributed by atoms with Crippen molar-refractivity contribution >= 4 is 0 Å². The topological polar surface area (TPSA) is 47.0 Å². The molecule has 1 aromatic heterocycles. The maximum atomic E-state index is 4.94. The zero-order valence-electron chi connectivity index (χ0n) is 6.29. The summed E-state index contributed by atoms with van der Waals surface area (Å²) in [6.45, 7) is 1.63. The monoisotopic (exact) mass is 151 g/mol. The van der Waals surface area contributed by atoms with E-state index in [0.717, 1.165) is 24.5 Å². The van der Waals surface area contributed by atoms with Crippen LogP contribution in [0.1, 0.15) is 11.4 Å². The lowest BCUT2D eigenvalue weighted by molar-refractivity contribution is 0.394. The molecular formula is C7H9N3O. The second-order valence-corrected chi connectivity index (χ2v) is 2.41. The van der Waals surface area contributed by atoms with Crippen molar-refractivity contribution in [3.05, 3.63) is 17.6 Å². The summed E-state index contributed by atoms with van der Waals surface area (Å²) in [6.07, 6.45) is 1.64. The minimum absolute atomic E-state index is 0.590. The molecule has 2 rings (SSSR count). The van der Waals surface area contributed by atoms with Crippen LogP contribution in [0, 0.1) is 0 Å². The van der Waals surface area contributed by atoms with Crippen molar-refractivity contribution in [1.82, 2.24) is 15.3 Å². The van der Waals surface area contributed by atoms with Gasteiger partial charge in [-0.25, -0.2) is 4.98 Å². The molecule has 0 amide bonds. The molecule has 11 heavy (non-hydrogen) atoms. The highest BCUT2D eigenvalue weighted by molar-refractivity contribution is 5.19. The Morgan fingerprint density at radius 2 is 2.27 bits per heavy atom. The highest BCUT2D eigenvalue weighted by Gasteiger charge is 2.12. The molecule has 0 saturated carbocycles. The van der Waals surface area contributed by atoms with Crippen LogP contribution in [-0.2, 0) is 13.1 Å². The van der Waals surface area contributed by atoms with Gasteiger partial charge in [-0.3, -0.25) is 4.98 Å². The summed E-state index contributed by atoms with van der Waals surface area (Å²) in [5, 5.41) is 3.16. The highest BCUT2D eigenvalue weighted by atomic mass is 16.5. The molecule has 1 aromatic rings. The van der Waals surface area contributed by atoms with Gasteiger partial charge in [-0.05, 0) is 0 Å². The van der Waals surface area contributed by atoms with E-state index < -0.39 is 0 Å². The summed E-state index contributed by atoms with van der Waals surface area (Å²) >= 11 is 0. The summed E-state index contributed by atoms with van der Waals surface area (Å²) < 4.78 is 4.94. The fraction of sp³-hybridized carbons (Fsp3) is 0.429. The number of methoxy groups -OCH3 is 1. The quantitative estimate of drug-likeness (QED) is 0.617. The molecule has 1 aliphatic heterocycles. The van der Waals surface area contributed by atoms with Crippen molar-refractivity contribution < 1.29 is 4.74 Å². The summed E-state index contributed by atoms with van der Waals surface area (Å²) in [5.41, 5.74) is 2.04. The van der Waals surface area contributed by atoms with E-state index in [0.29, 0.717) is 5.88 Å². The summed E-state index contributed by atoms with van der Waals surface area (Å²) in [7, 11) is 1.60. The van der Waals surface area contributed by atoms with Gasteiger partial charge in [0.1, 0.15) is 0 Å². The summed E-state index contributed by atoms with van der Waals surface area (Å²) in [5.74, 6) is 0.590. The molecule has 1 N–H and O–H groups in total. The molecule has 4 nitrogen and oxygen atoms in total. The Kier molecular flexibility index (Phi) is 1.47. The van der Waals surface area contributed by atoms with E-state index in [9.17, 15) is 0 Å². The molecule has 0 saturated heterocycles. The minimum Gasteiger partial charge on any atom is -0.480 e. The van der Waals surface area contributed by atoms with Crippen LogP contribution in [0.4, 0.5) is 0 Å². The first kappa shape index (κ1) is 6.54. The predicted octanol–water partition coefficient (Wildman–Crippen LogP) is 0.0884. The van der Waals surface area contributed by atoms with Gasteiger partial charge in [0, 0.05) is 13.1 Å². The number of aromatic nitrogens is 2. The van der Waals surface area contributed by atoms with Gasteiger partial charge in [-0.15, -0.1) is 0 Å². The molecule has 0 atom stereocenters. The maximum absolute atomic E-state index is 4.94. The Bertz CT molecular complexity index is 274. The van der Waals surface area contributed by atoms with E-state index in [1.807, 2.05) is 0 Å². The second kappa shape index (κ2) is 2.47. The van der Waals surface area contributed by atoms with Gasteiger partial charge in [0.25, 0.3) is 0 Å². The molecule has 58 valence electrons. The average molecular weight is 151 g/mol. The van der Waals surface area contributed by atoms with Crippen molar-refractivity contribution in [3.8, 4) is 5.88 Å². The molecule has 0 unspecified atom stereocenters. The molecule has 0 fully saturated rings. The van der Waals surface area contributed by atoms with E-state index in [-0.39, 0.29) is 0 Å². The molecular weight excluding hydrogens is 142 g/mol. The van der Waals surface area contributed by atoms with Crippen LogP contribution < -0.4 is 10.1 Å². The average Bonchev–Trinajstić information content (AvgIpc) is 2.50.